The third-order valence-electron chi connectivity index (χ3n) is 6.48. The summed E-state index contributed by atoms with van der Waals surface area (Å²) in [5.41, 5.74) is 2.83. The van der Waals surface area contributed by atoms with E-state index in [4.69, 9.17) is 14.8 Å². The van der Waals surface area contributed by atoms with Crippen LogP contribution in [0.1, 0.15) is 56.7 Å². The Balaban J connectivity index is 1.41. The summed E-state index contributed by atoms with van der Waals surface area (Å²) < 4.78 is 7.53. The molecule has 3 aliphatic rings. The quantitative estimate of drug-likeness (QED) is 0.754. The summed E-state index contributed by atoms with van der Waals surface area (Å²) in [6, 6.07) is 1.95. The van der Waals surface area contributed by atoms with Crippen LogP contribution >= 0.6 is 0 Å². The van der Waals surface area contributed by atoms with E-state index in [9.17, 15) is 4.79 Å². The predicted octanol–water partition coefficient (Wildman–Crippen LogP) is 2.71. The number of likely N-dealkylation sites (tertiary alicyclic amines) is 1. The molecule has 5 rings (SSSR count). The number of rotatable bonds is 5. The van der Waals surface area contributed by atoms with E-state index in [0.717, 1.165) is 74.8 Å². The van der Waals surface area contributed by atoms with Gasteiger partial charge in [-0.05, 0) is 44.6 Å². The highest BCUT2D eigenvalue weighted by Gasteiger charge is 2.35. The van der Waals surface area contributed by atoms with Crippen molar-refractivity contribution in [2.45, 2.75) is 57.1 Å². The maximum Gasteiger partial charge on any atom is 0.225 e. The first-order chi connectivity index (χ1) is 14.7. The minimum Gasteiger partial charge on any atom is -0.378 e. The number of carbonyl (C=O) groups is 1. The van der Waals surface area contributed by atoms with Crippen LogP contribution in [-0.2, 0) is 16.6 Å². The van der Waals surface area contributed by atoms with E-state index in [2.05, 4.69) is 9.88 Å². The van der Waals surface area contributed by atoms with E-state index >= 15 is 0 Å². The molecule has 0 N–H and O–H groups in total. The first-order valence-electron chi connectivity index (χ1n) is 11.2. The highest BCUT2D eigenvalue weighted by atomic mass is 16.5. The van der Waals surface area contributed by atoms with Crippen LogP contribution in [0.3, 0.4) is 0 Å². The maximum atomic E-state index is 13.0. The van der Waals surface area contributed by atoms with E-state index < -0.39 is 0 Å². The number of aryl methyl sites for hydroxylation is 1. The molecule has 8 heteroatoms. The Kier molecular flexibility index (Phi) is 5.41. The third-order valence-corrected chi connectivity index (χ3v) is 6.48. The van der Waals surface area contributed by atoms with Crippen LogP contribution in [0.2, 0.25) is 0 Å². The lowest BCUT2D eigenvalue weighted by Gasteiger charge is -2.25. The van der Waals surface area contributed by atoms with Crippen LogP contribution in [0.4, 0.5) is 5.95 Å². The zero-order valence-corrected chi connectivity index (χ0v) is 17.7. The van der Waals surface area contributed by atoms with Gasteiger partial charge in [-0.15, -0.1) is 0 Å². The molecule has 0 bridgehead atoms. The fourth-order valence-electron chi connectivity index (χ4n) is 4.98. The minimum absolute atomic E-state index is 0.000282. The molecule has 2 unspecified atom stereocenters. The summed E-state index contributed by atoms with van der Waals surface area (Å²) in [4.78, 5) is 26.7. The van der Waals surface area contributed by atoms with Crippen molar-refractivity contribution in [2.75, 3.05) is 31.1 Å². The lowest BCUT2D eigenvalue weighted by Crippen LogP contribution is -2.33. The van der Waals surface area contributed by atoms with Crippen molar-refractivity contribution in [3.05, 3.63) is 24.2 Å². The fraction of sp³-hybridized carbons (Fsp3) is 0.636. The lowest BCUT2D eigenvalue weighted by atomic mass is 10.0. The molecule has 160 valence electrons. The second kappa shape index (κ2) is 8.34. The van der Waals surface area contributed by atoms with Gasteiger partial charge in [-0.2, -0.15) is 5.10 Å². The molecule has 0 saturated carbocycles. The average Bonchev–Trinajstić information content (AvgIpc) is 3.54. The monoisotopic (exact) mass is 410 g/mol. The Morgan fingerprint density at radius 2 is 2.03 bits per heavy atom. The summed E-state index contributed by atoms with van der Waals surface area (Å²) in [7, 11) is 1.93. The van der Waals surface area contributed by atoms with Gasteiger partial charge in [0.15, 0.2) is 0 Å². The van der Waals surface area contributed by atoms with E-state index in [0.29, 0.717) is 6.42 Å². The van der Waals surface area contributed by atoms with Crippen LogP contribution in [0, 0.1) is 0 Å². The van der Waals surface area contributed by atoms with E-state index in [1.807, 2.05) is 35.1 Å². The molecular weight excluding hydrogens is 380 g/mol. The third kappa shape index (κ3) is 3.80. The molecule has 8 nitrogen and oxygen atoms in total. The smallest absolute Gasteiger partial charge is 0.225 e. The van der Waals surface area contributed by atoms with Gasteiger partial charge in [-0.1, -0.05) is 0 Å². The summed E-state index contributed by atoms with van der Waals surface area (Å²) in [5, 5.41) is 4.78. The topological polar surface area (TPSA) is 76.4 Å². The highest BCUT2D eigenvalue weighted by Crippen LogP contribution is 2.37. The van der Waals surface area contributed by atoms with Gasteiger partial charge >= 0.3 is 0 Å². The normalized spacial score (nSPS) is 24.2. The number of nitrogens with zero attached hydrogens (tertiary/aromatic N) is 6. The molecule has 3 fully saturated rings. The van der Waals surface area contributed by atoms with Crippen LogP contribution in [-0.4, -0.2) is 62.9 Å². The van der Waals surface area contributed by atoms with Gasteiger partial charge in [0.05, 0.1) is 30.0 Å². The molecule has 30 heavy (non-hydrogen) atoms. The Hall–Kier alpha value is -2.48. The minimum atomic E-state index is 0.000282. The number of carbonyl (C=O) groups excluding carboxylic acids is 1. The Morgan fingerprint density at radius 3 is 2.83 bits per heavy atom. The van der Waals surface area contributed by atoms with E-state index in [1.165, 1.54) is 12.8 Å². The molecule has 3 aliphatic heterocycles. The largest absolute Gasteiger partial charge is 0.378 e. The molecule has 2 atom stereocenters. The molecule has 0 aromatic carbocycles. The van der Waals surface area contributed by atoms with Crippen molar-refractivity contribution in [3.63, 3.8) is 0 Å². The van der Waals surface area contributed by atoms with E-state index in [1.54, 1.807) is 0 Å². The summed E-state index contributed by atoms with van der Waals surface area (Å²) in [6.07, 6.45) is 10.8. The first kappa shape index (κ1) is 19.5. The molecule has 1 amide bonds. The molecule has 0 aliphatic carbocycles. The van der Waals surface area contributed by atoms with Crippen molar-refractivity contribution >= 4 is 11.9 Å². The number of amides is 1. The molecule has 0 radical (unpaired) electrons. The van der Waals surface area contributed by atoms with Gasteiger partial charge in [0.1, 0.15) is 0 Å². The van der Waals surface area contributed by atoms with Crippen molar-refractivity contribution in [2.24, 2.45) is 7.05 Å². The standard InChI is InChI=1S/C22H30N6O2/c1-26-15-17(18-8-9-23-22(24-18)27-10-2-3-11-27)21(25-26)19-7-4-12-28(19)20(29)14-16-6-5-13-30-16/h8-9,15-16,19H,2-7,10-14H2,1H3. The summed E-state index contributed by atoms with van der Waals surface area (Å²) >= 11 is 0. The lowest BCUT2D eigenvalue weighted by molar-refractivity contribution is -0.134. The summed E-state index contributed by atoms with van der Waals surface area (Å²) in [6.45, 7) is 3.59. The average molecular weight is 411 g/mol. The molecular formula is C22H30N6O2. The molecule has 0 spiro atoms. The van der Waals surface area contributed by atoms with Gasteiger partial charge in [0.2, 0.25) is 11.9 Å². The molecule has 5 heterocycles. The number of hydrogen-bond donors (Lipinski definition) is 0. The Bertz CT molecular complexity index is 901. The van der Waals surface area contributed by atoms with Crippen LogP contribution in [0.25, 0.3) is 11.3 Å². The second-order valence-electron chi connectivity index (χ2n) is 8.62. The van der Waals surface area contributed by atoms with Crippen molar-refractivity contribution < 1.29 is 9.53 Å². The highest BCUT2D eigenvalue weighted by molar-refractivity contribution is 5.78. The van der Waals surface area contributed by atoms with Crippen LogP contribution in [0.5, 0.6) is 0 Å². The number of ether oxygens (including phenoxy) is 1. The van der Waals surface area contributed by atoms with Gasteiger partial charge in [0.25, 0.3) is 0 Å². The van der Waals surface area contributed by atoms with Crippen molar-refractivity contribution in [3.8, 4) is 11.3 Å². The summed E-state index contributed by atoms with van der Waals surface area (Å²) in [5.74, 6) is 0.971. The van der Waals surface area contributed by atoms with Crippen molar-refractivity contribution in [1.29, 1.82) is 0 Å². The predicted molar refractivity (Wildman–Crippen MR) is 113 cm³/mol. The van der Waals surface area contributed by atoms with Gasteiger partial charge < -0.3 is 14.5 Å². The zero-order chi connectivity index (χ0) is 20.5. The Labute approximate surface area is 177 Å². The molecule has 3 saturated heterocycles. The number of hydrogen-bond acceptors (Lipinski definition) is 6. The molecule has 2 aromatic rings. The number of aromatic nitrogens is 4. The SMILES string of the molecule is Cn1cc(-c2ccnc(N3CCCC3)n2)c(C2CCCN2C(=O)CC2CCCO2)n1. The Morgan fingerprint density at radius 1 is 1.17 bits per heavy atom. The van der Waals surface area contributed by atoms with Gasteiger partial charge in [0, 0.05) is 51.2 Å². The first-order valence-corrected chi connectivity index (χ1v) is 11.2. The number of anilines is 1. The maximum absolute atomic E-state index is 13.0. The van der Waals surface area contributed by atoms with Gasteiger partial charge in [-0.25, -0.2) is 9.97 Å². The van der Waals surface area contributed by atoms with E-state index in [-0.39, 0.29) is 18.1 Å². The van der Waals surface area contributed by atoms with Crippen molar-refractivity contribution in [1.82, 2.24) is 24.6 Å². The molecule has 2 aromatic heterocycles. The second-order valence-corrected chi connectivity index (χ2v) is 8.62. The zero-order valence-electron chi connectivity index (χ0n) is 17.7. The van der Waals surface area contributed by atoms with Gasteiger partial charge in [-0.3, -0.25) is 9.48 Å². The van der Waals surface area contributed by atoms with Crippen LogP contribution < -0.4 is 4.90 Å². The van der Waals surface area contributed by atoms with Crippen LogP contribution in [0.15, 0.2) is 18.5 Å². The fourth-order valence-corrected chi connectivity index (χ4v) is 4.98.